The Morgan fingerprint density at radius 2 is 1.87 bits per heavy atom. The number of carbonyl (C=O) groups is 2. The van der Waals surface area contributed by atoms with Gasteiger partial charge in [-0.2, -0.15) is 0 Å². The van der Waals surface area contributed by atoms with Gasteiger partial charge in [-0.25, -0.2) is 4.98 Å². The Kier molecular flexibility index (Phi) is 6.43. The lowest BCUT2D eigenvalue weighted by molar-refractivity contribution is -0.121. The quantitative estimate of drug-likeness (QED) is 0.769. The van der Waals surface area contributed by atoms with E-state index in [1.807, 2.05) is 25.1 Å². The third-order valence-electron chi connectivity index (χ3n) is 6.16. The second-order valence-corrected chi connectivity index (χ2v) is 8.46. The van der Waals surface area contributed by atoms with Crippen LogP contribution in [0.25, 0.3) is 0 Å². The molecule has 1 aromatic carbocycles. The van der Waals surface area contributed by atoms with Crippen LogP contribution in [0.5, 0.6) is 0 Å². The van der Waals surface area contributed by atoms with E-state index in [1.165, 1.54) is 17.5 Å². The minimum atomic E-state index is 0.00352. The molecule has 1 aliphatic carbocycles. The second kappa shape index (κ2) is 9.39. The van der Waals surface area contributed by atoms with Crippen LogP contribution < -0.4 is 10.6 Å². The first kappa shape index (κ1) is 20.5. The zero-order valence-electron chi connectivity index (χ0n) is 17.6. The van der Waals surface area contributed by atoms with E-state index in [2.05, 4.69) is 32.7 Å². The van der Waals surface area contributed by atoms with E-state index < -0.39 is 0 Å². The molecule has 2 aromatic rings. The van der Waals surface area contributed by atoms with E-state index in [9.17, 15) is 9.59 Å². The van der Waals surface area contributed by atoms with Crippen LogP contribution in [-0.4, -0.2) is 41.3 Å². The fourth-order valence-corrected chi connectivity index (χ4v) is 4.38. The average Bonchev–Trinajstić information content (AvgIpc) is 3.20. The molecule has 2 aliphatic rings. The number of amides is 2. The molecule has 0 unspecified atom stereocenters. The number of rotatable bonds is 6. The van der Waals surface area contributed by atoms with Gasteiger partial charge in [-0.05, 0) is 93.1 Å². The van der Waals surface area contributed by atoms with E-state index in [0.29, 0.717) is 12.2 Å². The first-order chi connectivity index (χ1) is 14.6. The lowest BCUT2D eigenvalue weighted by Crippen LogP contribution is -2.39. The number of carbonyl (C=O) groups excluding carboxylic acids is 2. The number of nitrogens with one attached hydrogen (secondary N) is 2. The summed E-state index contributed by atoms with van der Waals surface area (Å²) >= 11 is 0. The molecular weight excluding hydrogens is 376 g/mol. The topological polar surface area (TPSA) is 74.3 Å². The molecule has 1 aliphatic heterocycles. The van der Waals surface area contributed by atoms with Gasteiger partial charge in [0.15, 0.2) is 0 Å². The molecular formula is C24H30N4O2. The minimum Gasteiger partial charge on any atom is -0.326 e. The normalized spacial score (nSPS) is 16.8. The highest BCUT2D eigenvalue weighted by Crippen LogP contribution is 2.25. The summed E-state index contributed by atoms with van der Waals surface area (Å²) in [6.07, 6.45) is 7.28. The molecule has 6 heteroatoms. The fourth-order valence-electron chi connectivity index (χ4n) is 4.38. The minimum absolute atomic E-state index is 0.00352. The molecule has 1 aromatic heterocycles. The van der Waals surface area contributed by atoms with Crippen LogP contribution in [0, 0.1) is 12.8 Å². The fraction of sp³-hybridized carbons (Fsp3) is 0.458. The van der Waals surface area contributed by atoms with Gasteiger partial charge in [0.25, 0.3) is 0 Å². The number of piperidine rings is 1. The van der Waals surface area contributed by atoms with Gasteiger partial charge in [-0.3, -0.25) is 9.59 Å². The second-order valence-electron chi connectivity index (χ2n) is 8.46. The summed E-state index contributed by atoms with van der Waals surface area (Å²) in [5, 5.41) is 5.96. The summed E-state index contributed by atoms with van der Waals surface area (Å²) < 4.78 is 0. The lowest BCUT2D eigenvalue weighted by atomic mass is 9.96. The van der Waals surface area contributed by atoms with E-state index in [-0.39, 0.29) is 17.7 Å². The number of anilines is 2. The Hall–Kier alpha value is -2.73. The van der Waals surface area contributed by atoms with Gasteiger partial charge < -0.3 is 15.5 Å². The number of hydrogen-bond acceptors (Lipinski definition) is 4. The molecule has 1 saturated heterocycles. The monoisotopic (exact) mass is 406 g/mol. The molecule has 0 bridgehead atoms. The van der Waals surface area contributed by atoms with Crippen molar-refractivity contribution in [1.29, 1.82) is 0 Å². The van der Waals surface area contributed by atoms with Crippen molar-refractivity contribution in [3.63, 3.8) is 0 Å². The van der Waals surface area contributed by atoms with Crippen molar-refractivity contribution in [2.24, 2.45) is 5.92 Å². The first-order valence-electron chi connectivity index (χ1n) is 10.9. The molecule has 0 atom stereocenters. The molecule has 0 radical (unpaired) electrons. The summed E-state index contributed by atoms with van der Waals surface area (Å²) in [6.45, 7) is 4.39. The van der Waals surface area contributed by atoms with Gasteiger partial charge in [0.05, 0.1) is 0 Å². The van der Waals surface area contributed by atoms with Crippen LogP contribution >= 0.6 is 0 Å². The number of nitrogens with zero attached hydrogens (tertiary/aromatic N) is 2. The molecule has 4 rings (SSSR count). The van der Waals surface area contributed by atoms with Crippen molar-refractivity contribution < 1.29 is 9.59 Å². The van der Waals surface area contributed by atoms with Crippen molar-refractivity contribution in [3.05, 3.63) is 53.2 Å². The molecule has 0 saturated carbocycles. The highest BCUT2D eigenvalue weighted by Gasteiger charge is 2.25. The summed E-state index contributed by atoms with van der Waals surface area (Å²) in [5.41, 5.74) is 4.76. The highest BCUT2D eigenvalue weighted by molar-refractivity contribution is 5.92. The molecule has 158 valence electrons. The van der Waals surface area contributed by atoms with Gasteiger partial charge in [0, 0.05) is 30.8 Å². The third-order valence-corrected chi connectivity index (χ3v) is 6.16. The molecule has 2 heterocycles. The Morgan fingerprint density at radius 1 is 1.07 bits per heavy atom. The van der Waals surface area contributed by atoms with Crippen LogP contribution in [0.2, 0.25) is 0 Å². The van der Waals surface area contributed by atoms with Gasteiger partial charge in [0.1, 0.15) is 5.82 Å². The van der Waals surface area contributed by atoms with Gasteiger partial charge in [0.2, 0.25) is 11.8 Å². The van der Waals surface area contributed by atoms with Crippen molar-refractivity contribution in [3.8, 4) is 0 Å². The van der Waals surface area contributed by atoms with Crippen LogP contribution in [0.15, 0.2) is 36.5 Å². The molecule has 2 amide bonds. The van der Waals surface area contributed by atoms with Gasteiger partial charge in [-0.15, -0.1) is 0 Å². The highest BCUT2D eigenvalue weighted by atomic mass is 16.2. The van der Waals surface area contributed by atoms with Crippen molar-refractivity contribution in [2.75, 3.05) is 30.3 Å². The standard InChI is InChI=1S/C24H30N4O2/c1-17-7-11-25-22(15-17)27-24(30)19-8-12-28(13-9-19)14-10-23(29)26-21-6-5-18-3-2-4-20(18)16-21/h5-7,11,15-16,19H,2-4,8-10,12-14H2,1H3,(H,26,29)(H,25,27,30). The summed E-state index contributed by atoms with van der Waals surface area (Å²) in [4.78, 5) is 31.3. The number of hydrogen-bond donors (Lipinski definition) is 2. The smallest absolute Gasteiger partial charge is 0.228 e. The van der Waals surface area contributed by atoms with Crippen LogP contribution in [0.4, 0.5) is 11.5 Å². The van der Waals surface area contributed by atoms with Gasteiger partial charge >= 0.3 is 0 Å². The maximum atomic E-state index is 12.5. The van der Waals surface area contributed by atoms with Crippen LogP contribution in [-0.2, 0) is 22.4 Å². The average molecular weight is 407 g/mol. The summed E-state index contributed by atoms with van der Waals surface area (Å²) in [5.74, 6) is 0.717. The number of likely N-dealkylation sites (tertiary alicyclic amines) is 1. The van der Waals surface area contributed by atoms with Crippen molar-refractivity contribution in [1.82, 2.24) is 9.88 Å². The summed E-state index contributed by atoms with van der Waals surface area (Å²) in [6, 6.07) is 10.1. The predicted octanol–water partition coefficient (Wildman–Crippen LogP) is 3.56. The van der Waals surface area contributed by atoms with E-state index in [1.54, 1.807) is 6.20 Å². The lowest BCUT2D eigenvalue weighted by Gasteiger charge is -2.31. The molecule has 2 N–H and O–H groups in total. The Morgan fingerprint density at radius 3 is 2.67 bits per heavy atom. The summed E-state index contributed by atoms with van der Waals surface area (Å²) in [7, 11) is 0. The molecule has 1 fully saturated rings. The maximum absolute atomic E-state index is 12.5. The first-order valence-corrected chi connectivity index (χ1v) is 10.9. The maximum Gasteiger partial charge on any atom is 0.228 e. The molecule has 30 heavy (non-hydrogen) atoms. The van der Waals surface area contributed by atoms with E-state index in [0.717, 1.165) is 56.6 Å². The molecule has 0 spiro atoms. The number of aromatic nitrogens is 1. The molecule has 6 nitrogen and oxygen atoms in total. The number of benzene rings is 1. The Balaban J connectivity index is 1.18. The number of fused-ring (bicyclic) bond motifs is 1. The largest absolute Gasteiger partial charge is 0.326 e. The third kappa shape index (κ3) is 5.25. The number of pyridine rings is 1. The number of aryl methyl sites for hydroxylation is 3. The van der Waals surface area contributed by atoms with E-state index in [4.69, 9.17) is 0 Å². The van der Waals surface area contributed by atoms with Crippen LogP contribution in [0.3, 0.4) is 0 Å². The zero-order valence-corrected chi connectivity index (χ0v) is 17.6. The Bertz CT molecular complexity index is 919. The van der Waals surface area contributed by atoms with Crippen LogP contribution in [0.1, 0.15) is 42.4 Å². The Labute approximate surface area is 178 Å². The van der Waals surface area contributed by atoms with E-state index >= 15 is 0 Å². The van der Waals surface area contributed by atoms with Crippen molar-refractivity contribution in [2.45, 2.75) is 45.4 Å². The van der Waals surface area contributed by atoms with Crippen molar-refractivity contribution >= 4 is 23.3 Å². The van der Waals surface area contributed by atoms with Gasteiger partial charge in [-0.1, -0.05) is 6.07 Å². The predicted molar refractivity (Wildman–Crippen MR) is 118 cm³/mol. The SMILES string of the molecule is Cc1ccnc(NC(=O)C2CCN(CCC(=O)Nc3ccc4c(c3)CCC4)CC2)c1. The zero-order chi connectivity index (χ0) is 20.9.